The van der Waals surface area contributed by atoms with Gasteiger partial charge in [0.05, 0.1) is 24.5 Å². The maximum Gasteiger partial charge on any atom is 0.269 e. The molecule has 1 atom stereocenters. The Morgan fingerprint density at radius 1 is 1.32 bits per heavy atom. The van der Waals surface area contributed by atoms with Crippen LogP contribution in [0.25, 0.3) is 0 Å². The Morgan fingerprint density at radius 2 is 2.14 bits per heavy atom. The van der Waals surface area contributed by atoms with E-state index in [0.29, 0.717) is 6.61 Å². The van der Waals surface area contributed by atoms with Crippen LogP contribution in [0.3, 0.4) is 0 Å². The number of piperidine rings is 1. The Morgan fingerprint density at radius 3 is 2.89 bits per heavy atom. The number of aromatic nitrogens is 2. The Bertz CT molecular complexity index is 849. The van der Waals surface area contributed by atoms with Crippen molar-refractivity contribution in [2.45, 2.75) is 39.3 Å². The quantitative estimate of drug-likeness (QED) is 0.735. The van der Waals surface area contributed by atoms with Crippen LogP contribution in [0.5, 0.6) is 0 Å². The highest BCUT2D eigenvalue weighted by atomic mass is 16.5. The molecule has 0 aliphatic carbocycles. The zero-order chi connectivity index (χ0) is 20.1. The van der Waals surface area contributed by atoms with Gasteiger partial charge in [-0.2, -0.15) is 5.10 Å². The van der Waals surface area contributed by atoms with Gasteiger partial charge in [-0.25, -0.2) is 4.68 Å². The van der Waals surface area contributed by atoms with Crippen LogP contribution in [0, 0.1) is 13.8 Å². The summed E-state index contributed by atoms with van der Waals surface area (Å²) in [5.74, 6) is 0. The number of anilines is 1. The summed E-state index contributed by atoms with van der Waals surface area (Å²) in [5, 5.41) is 4.50. The Labute approximate surface area is 167 Å². The van der Waals surface area contributed by atoms with Gasteiger partial charge in [0, 0.05) is 39.9 Å². The molecule has 1 aliphatic heterocycles. The molecule has 152 valence electrons. The number of rotatable bonds is 7. The summed E-state index contributed by atoms with van der Waals surface area (Å²) in [5.41, 5.74) is 4.87. The van der Waals surface area contributed by atoms with E-state index in [1.165, 1.54) is 16.7 Å². The molecule has 0 radical (unpaired) electrons. The van der Waals surface area contributed by atoms with Crippen LogP contribution in [0.2, 0.25) is 0 Å². The summed E-state index contributed by atoms with van der Waals surface area (Å²) in [7, 11) is 3.63. The molecule has 1 aromatic heterocycles. The number of ether oxygens (including phenoxy) is 1. The van der Waals surface area contributed by atoms with E-state index in [0.717, 1.165) is 44.7 Å². The molecular formula is C22H32N4O2. The maximum absolute atomic E-state index is 12.7. The number of benzene rings is 1. The SMILES string of the molecule is COCCN(C)c1cnn([C@H]2CCCN(Cc3cccc(C)c3C)C2)c(=O)c1. The van der Waals surface area contributed by atoms with Gasteiger partial charge in [0.1, 0.15) is 0 Å². The highest BCUT2D eigenvalue weighted by molar-refractivity contribution is 5.41. The Hall–Kier alpha value is -2.18. The second-order valence-electron chi connectivity index (χ2n) is 7.80. The van der Waals surface area contributed by atoms with Gasteiger partial charge in [-0.1, -0.05) is 18.2 Å². The molecule has 6 heteroatoms. The largest absolute Gasteiger partial charge is 0.383 e. The van der Waals surface area contributed by atoms with Crippen molar-refractivity contribution in [3.63, 3.8) is 0 Å². The molecule has 0 unspecified atom stereocenters. The molecule has 1 aliphatic rings. The van der Waals surface area contributed by atoms with Gasteiger partial charge in [-0.3, -0.25) is 9.69 Å². The number of methoxy groups -OCH3 is 1. The van der Waals surface area contributed by atoms with Gasteiger partial charge in [-0.15, -0.1) is 0 Å². The second-order valence-corrected chi connectivity index (χ2v) is 7.80. The lowest BCUT2D eigenvalue weighted by Crippen LogP contribution is -2.40. The lowest BCUT2D eigenvalue weighted by Gasteiger charge is -2.33. The standard InChI is InChI=1S/C22H32N4O2/c1-17-7-5-8-19(18(17)2)15-25-10-6-9-20(16-25)26-22(27)13-21(14-23-26)24(3)11-12-28-4/h5,7-8,13-14,20H,6,9-12,15-16H2,1-4H3/t20-/m0/s1. The van der Waals surface area contributed by atoms with Crippen molar-refractivity contribution < 1.29 is 4.74 Å². The lowest BCUT2D eigenvalue weighted by molar-refractivity contribution is 0.159. The zero-order valence-electron chi connectivity index (χ0n) is 17.5. The number of hydrogen-bond donors (Lipinski definition) is 0. The molecule has 2 aromatic rings. The average Bonchev–Trinajstić information content (AvgIpc) is 2.69. The Kier molecular flexibility index (Phi) is 6.86. The maximum atomic E-state index is 12.7. The van der Waals surface area contributed by atoms with Crippen molar-refractivity contribution in [2.75, 3.05) is 45.3 Å². The van der Waals surface area contributed by atoms with E-state index < -0.39 is 0 Å². The molecule has 6 nitrogen and oxygen atoms in total. The van der Waals surface area contributed by atoms with Crippen LogP contribution < -0.4 is 10.5 Å². The van der Waals surface area contributed by atoms with Gasteiger partial charge in [-0.05, 0) is 49.9 Å². The van der Waals surface area contributed by atoms with E-state index >= 15 is 0 Å². The third-order valence-corrected chi connectivity index (χ3v) is 5.82. The molecule has 3 rings (SSSR count). The van der Waals surface area contributed by atoms with Crippen LogP contribution in [0.1, 0.15) is 35.6 Å². The van der Waals surface area contributed by atoms with Crippen molar-refractivity contribution in [2.24, 2.45) is 0 Å². The molecule has 2 heterocycles. The molecule has 0 spiro atoms. The molecule has 28 heavy (non-hydrogen) atoms. The van der Waals surface area contributed by atoms with Gasteiger partial charge < -0.3 is 9.64 Å². The predicted octanol–water partition coefficient (Wildman–Crippen LogP) is 2.78. The monoisotopic (exact) mass is 384 g/mol. The molecule has 1 fully saturated rings. The summed E-state index contributed by atoms with van der Waals surface area (Å²) >= 11 is 0. The van der Waals surface area contributed by atoms with Gasteiger partial charge in [0.25, 0.3) is 5.56 Å². The van der Waals surface area contributed by atoms with Crippen molar-refractivity contribution in [3.05, 3.63) is 57.5 Å². The molecule has 1 saturated heterocycles. The van der Waals surface area contributed by atoms with E-state index in [2.05, 4.69) is 42.0 Å². The predicted molar refractivity (Wildman–Crippen MR) is 113 cm³/mol. The molecule has 0 saturated carbocycles. The van der Waals surface area contributed by atoms with Crippen LogP contribution in [0.15, 0.2) is 35.3 Å². The van der Waals surface area contributed by atoms with E-state index in [4.69, 9.17) is 4.74 Å². The van der Waals surface area contributed by atoms with E-state index in [1.807, 2.05) is 11.9 Å². The first-order valence-corrected chi connectivity index (χ1v) is 10.1. The number of aryl methyl sites for hydroxylation is 1. The summed E-state index contributed by atoms with van der Waals surface area (Å²) < 4.78 is 6.78. The van der Waals surface area contributed by atoms with Crippen LogP contribution in [-0.4, -0.2) is 55.1 Å². The van der Waals surface area contributed by atoms with E-state index in [-0.39, 0.29) is 11.6 Å². The third kappa shape index (κ3) is 4.80. The minimum atomic E-state index is -0.0275. The zero-order valence-corrected chi connectivity index (χ0v) is 17.5. The summed E-state index contributed by atoms with van der Waals surface area (Å²) in [4.78, 5) is 17.1. The van der Waals surface area contributed by atoms with Gasteiger partial charge >= 0.3 is 0 Å². The second kappa shape index (κ2) is 9.34. The number of nitrogens with zero attached hydrogens (tertiary/aromatic N) is 4. The normalized spacial score (nSPS) is 17.6. The fraction of sp³-hybridized carbons (Fsp3) is 0.545. The van der Waals surface area contributed by atoms with E-state index in [1.54, 1.807) is 24.1 Å². The highest BCUT2D eigenvalue weighted by Crippen LogP contribution is 2.23. The summed E-state index contributed by atoms with van der Waals surface area (Å²) in [6.45, 7) is 8.56. The molecular weight excluding hydrogens is 352 g/mol. The number of likely N-dealkylation sites (N-methyl/N-ethyl adjacent to an activating group) is 1. The van der Waals surface area contributed by atoms with Crippen molar-refractivity contribution >= 4 is 5.69 Å². The lowest BCUT2D eigenvalue weighted by atomic mass is 10.0. The highest BCUT2D eigenvalue weighted by Gasteiger charge is 2.23. The smallest absolute Gasteiger partial charge is 0.269 e. The van der Waals surface area contributed by atoms with Crippen molar-refractivity contribution in [3.8, 4) is 0 Å². The number of hydrogen-bond acceptors (Lipinski definition) is 5. The number of likely N-dealkylation sites (tertiary alicyclic amines) is 1. The van der Waals surface area contributed by atoms with Crippen molar-refractivity contribution in [1.29, 1.82) is 0 Å². The molecule has 0 amide bonds. The minimum Gasteiger partial charge on any atom is -0.383 e. The molecule has 0 bridgehead atoms. The fourth-order valence-corrected chi connectivity index (χ4v) is 3.85. The molecule has 1 aromatic carbocycles. The van der Waals surface area contributed by atoms with Crippen LogP contribution in [0.4, 0.5) is 5.69 Å². The first kappa shape index (κ1) is 20.6. The first-order valence-electron chi connectivity index (χ1n) is 10.1. The van der Waals surface area contributed by atoms with Gasteiger partial charge in [0.15, 0.2) is 0 Å². The van der Waals surface area contributed by atoms with Crippen molar-refractivity contribution in [1.82, 2.24) is 14.7 Å². The van der Waals surface area contributed by atoms with Gasteiger partial charge in [0.2, 0.25) is 0 Å². The van der Waals surface area contributed by atoms with Crippen LogP contribution >= 0.6 is 0 Å². The van der Waals surface area contributed by atoms with E-state index in [9.17, 15) is 4.79 Å². The first-order chi connectivity index (χ1) is 13.5. The average molecular weight is 385 g/mol. The van der Waals surface area contributed by atoms with Crippen LogP contribution in [-0.2, 0) is 11.3 Å². The summed E-state index contributed by atoms with van der Waals surface area (Å²) in [6.07, 6.45) is 3.87. The molecule has 0 N–H and O–H groups in total. The third-order valence-electron chi connectivity index (χ3n) is 5.82. The minimum absolute atomic E-state index is 0.0275. The summed E-state index contributed by atoms with van der Waals surface area (Å²) in [6, 6.07) is 8.31. The Balaban J connectivity index is 1.70. The topological polar surface area (TPSA) is 50.6 Å². The fourth-order valence-electron chi connectivity index (χ4n) is 3.85.